The number of morpholine rings is 1. The molecule has 1 saturated heterocycles. The van der Waals surface area contributed by atoms with E-state index in [0.29, 0.717) is 31.5 Å². The number of aryl methyl sites for hydroxylation is 1. The molecular weight excluding hydrogens is 506 g/mol. The predicted octanol–water partition coefficient (Wildman–Crippen LogP) is 2.93. The number of nitrogens with zero attached hydrogens (tertiary/aromatic N) is 7. The number of hydrogen-bond acceptors (Lipinski definition) is 11. The summed E-state index contributed by atoms with van der Waals surface area (Å²) in [7, 11) is 1.88. The molecule has 1 amide bonds. The summed E-state index contributed by atoms with van der Waals surface area (Å²) in [6.07, 6.45) is 2.75. The number of thiophene rings is 1. The van der Waals surface area contributed by atoms with Crippen molar-refractivity contribution in [3.63, 3.8) is 0 Å². The molecule has 0 aliphatic carbocycles. The average molecular weight is 532 g/mol. The van der Waals surface area contributed by atoms with Gasteiger partial charge in [-0.05, 0) is 31.2 Å². The zero-order valence-corrected chi connectivity index (χ0v) is 21.6. The molecule has 0 saturated carbocycles. The van der Waals surface area contributed by atoms with E-state index < -0.39 is 5.91 Å². The van der Waals surface area contributed by atoms with Gasteiger partial charge in [0.15, 0.2) is 11.6 Å². The third-order valence-corrected chi connectivity index (χ3v) is 7.42. The summed E-state index contributed by atoms with van der Waals surface area (Å²) >= 11 is 1.64. The summed E-state index contributed by atoms with van der Waals surface area (Å²) in [6.45, 7) is 5.32. The van der Waals surface area contributed by atoms with Crippen LogP contribution >= 0.6 is 11.3 Å². The first-order valence-corrected chi connectivity index (χ1v) is 12.9. The van der Waals surface area contributed by atoms with Crippen molar-refractivity contribution in [1.82, 2.24) is 35.4 Å². The SMILES string of the molecule is Cc1nc2ccc(-c3nc(N4CCOCC4)c4sc(CN(C)c5ncc(C(=O)NO)cn5)cc4n3)cc2[nH]1. The molecule has 5 aromatic rings. The highest BCUT2D eigenvalue weighted by molar-refractivity contribution is 7.19. The highest BCUT2D eigenvalue weighted by Gasteiger charge is 2.21. The zero-order chi connectivity index (χ0) is 26.2. The Morgan fingerprint density at radius 1 is 1.16 bits per heavy atom. The molecule has 12 nitrogen and oxygen atoms in total. The van der Waals surface area contributed by atoms with Crippen molar-refractivity contribution in [2.24, 2.45) is 0 Å². The zero-order valence-electron chi connectivity index (χ0n) is 20.8. The van der Waals surface area contributed by atoms with E-state index in [0.717, 1.165) is 56.4 Å². The first kappa shape index (κ1) is 24.2. The minimum Gasteiger partial charge on any atom is -0.378 e. The van der Waals surface area contributed by atoms with Gasteiger partial charge in [0.2, 0.25) is 5.95 Å². The molecule has 194 valence electrons. The average Bonchev–Trinajstić information content (AvgIpc) is 3.53. The lowest BCUT2D eigenvalue weighted by molar-refractivity contribution is 0.0705. The molecule has 0 unspecified atom stereocenters. The van der Waals surface area contributed by atoms with Crippen molar-refractivity contribution in [1.29, 1.82) is 0 Å². The smallest absolute Gasteiger partial charge is 0.277 e. The quantitative estimate of drug-likeness (QED) is 0.221. The topological polar surface area (TPSA) is 145 Å². The maximum atomic E-state index is 11.6. The molecular formula is C25H25N9O3S. The maximum absolute atomic E-state index is 11.6. The van der Waals surface area contributed by atoms with Gasteiger partial charge in [-0.25, -0.2) is 30.4 Å². The molecule has 38 heavy (non-hydrogen) atoms. The second-order valence-corrected chi connectivity index (χ2v) is 10.2. The van der Waals surface area contributed by atoms with Gasteiger partial charge < -0.3 is 19.5 Å². The van der Waals surface area contributed by atoms with Crippen molar-refractivity contribution in [3.05, 3.63) is 52.9 Å². The molecule has 1 fully saturated rings. The Morgan fingerprint density at radius 2 is 1.95 bits per heavy atom. The fraction of sp³-hybridized carbons (Fsp3) is 0.280. The Bertz CT molecular complexity index is 1630. The van der Waals surface area contributed by atoms with Gasteiger partial charge in [0.05, 0.1) is 46.6 Å². The van der Waals surface area contributed by atoms with E-state index in [2.05, 4.69) is 30.9 Å². The van der Waals surface area contributed by atoms with Gasteiger partial charge in [0.1, 0.15) is 5.82 Å². The van der Waals surface area contributed by atoms with Crippen LogP contribution in [0.25, 0.3) is 32.6 Å². The van der Waals surface area contributed by atoms with Crippen LogP contribution in [0.3, 0.4) is 0 Å². The van der Waals surface area contributed by atoms with E-state index >= 15 is 0 Å². The predicted molar refractivity (Wildman–Crippen MR) is 144 cm³/mol. The van der Waals surface area contributed by atoms with Gasteiger partial charge in [0.25, 0.3) is 5.91 Å². The lowest BCUT2D eigenvalue weighted by atomic mass is 10.2. The van der Waals surface area contributed by atoms with E-state index in [1.165, 1.54) is 12.4 Å². The Hall–Kier alpha value is -4.20. The van der Waals surface area contributed by atoms with Crippen molar-refractivity contribution in [2.75, 3.05) is 43.2 Å². The molecule has 0 radical (unpaired) electrons. The number of aromatic amines is 1. The third kappa shape index (κ3) is 4.62. The second-order valence-electron chi connectivity index (χ2n) is 9.02. The monoisotopic (exact) mass is 531 g/mol. The molecule has 3 N–H and O–H groups in total. The molecule has 1 aliphatic rings. The molecule has 4 aromatic heterocycles. The number of H-pyrrole nitrogens is 1. The summed E-state index contributed by atoms with van der Waals surface area (Å²) in [5, 5.41) is 8.80. The van der Waals surface area contributed by atoms with E-state index in [1.54, 1.807) is 16.8 Å². The van der Waals surface area contributed by atoms with E-state index in [9.17, 15) is 4.79 Å². The van der Waals surface area contributed by atoms with Crippen LogP contribution in [0, 0.1) is 6.92 Å². The number of fused-ring (bicyclic) bond motifs is 2. The van der Waals surface area contributed by atoms with Gasteiger partial charge in [-0.15, -0.1) is 11.3 Å². The van der Waals surface area contributed by atoms with Crippen LogP contribution in [-0.2, 0) is 11.3 Å². The number of hydroxylamine groups is 1. The summed E-state index contributed by atoms with van der Waals surface area (Å²) in [6, 6.07) is 8.11. The van der Waals surface area contributed by atoms with Crippen LogP contribution in [0.1, 0.15) is 21.1 Å². The number of aromatic nitrogens is 6. The van der Waals surface area contributed by atoms with E-state index in [-0.39, 0.29) is 5.56 Å². The first-order chi connectivity index (χ1) is 18.5. The molecule has 13 heteroatoms. The highest BCUT2D eigenvalue weighted by Crippen LogP contribution is 2.35. The van der Waals surface area contributed by atoms with E-state index in [1.807, 2.05) is 37.1 Å². The fourth-order valence-electron chi connectivity index (χ4n) is 4.44. The minimum atomic E-state index is -0.657. The van der Waals surface area contributed by atoms with Crippen LogP contribution in [0.2, 0.25) is 0 Å². The first-order valence-electron chi connectivity index (χ1n) is 12.1. The van der Waals surface area contributed by atoms with Gasteiger partial charge in [-0.3, -0.25) is 10.0 Å². The van der Waals surface area contributed by atoms with Crippen molar-refractivity contribution in [3.8, 4) is 11.4 Å². The number of hydrogen-bond donors (Lipinski definition) is 3. The summed E-state index contributed by atoms with van der Waals surface area (Å²) in [5.74, 6) is 2.23. The highest BCUT2D eigenvalue weighted by atomic mass is 32.1. The summed E-state index contributed by atoms with van der Waals surface area (Å²) in [4.78, 5) is 43.1. The minimum absolute atomic E-state index is 0.174. The Morgan fingerprint density at radius 3 is 2.71 bits per heavy atom. The van der Waals surface area contributed by atoms with Crippen LogP contribution in [0.15, 0.2) is 36.7 Å². The van der Waals surface area contributed by atoms with Gasteiger partial charge >= 0.3 is 0 Å². The van der Waals surface area contributed by atoms with Crippen LogP contribution in [0.5, 0.6) is 0 Å². The number of imidazole rings is 1. The van der Waals surface area contributed by atoms with Crippen molar-refractivity contribution in [2.45, 2.75) is 13.5 Å². The number of ether oxygens (including phenoxy) is 1. The maximum Gasteiger partial charge on any atom is 0.277 e. The van der Waals surface area contributed by atoms with Crippen LogP contribution < -0.4 is 15.3 Å². The molecule has 1 aliphatic heterocycles. The van der Waals surface area contributed by atoms with Gasteiger partial charge in [-0.2, -0.15) is 0 Å². The normalized spacial score (nSPS) is 13.8. The van der Waals surface area contributed by atoms with Crippen molar-refractivity contribution < 1.29 is 14.7 Å². The Kier molecular flexibility index (Phi) is 6.31. The van der Waals surface area contributed by atoms with Crippen molar-refractivity contribution >= 4 is 50.3 Å². The molecule has 0 bridgehead atoms. The Labute approximate surface area is 221 Å². The number of benzene rings is 1. The standard InChI is InChI=1S/C25H25N9O3S/c1-14-28-18-4-3-15(9-19(18)29-14)22-30-20-10-17(38-21(20)23(31-22)34-5-7-37-8-6-34)13-33(2)25-26-11-16(12-27-25)24(35)32-36/h3-4,9-12,36H,5-8,13H2,1-2H3,(H,28,29)(H,32,35). The van der Waals surface area contributed by atoms with Crippen LogP contribution in [-0.4, -0.2) is 74.4 Å². The molecule has 0 spiro atoms. The second kappa shape index (κ2) is 9.93. The number of nitrogens with one attached hydrogen (secondary N) is 2. The van der Waals surface area contributed by atoms with Gasteiger partial charge in [-0.1, -0.05) is 0 Å². The molecule has 5 heterocycles. The van der Waals surface area contributed by atoms with Gasteiger partial charge in [0, 0.05) is 43.0 Å². The summed E-state index contributed by atoms with van der Waals surface area (Å²) in [5.41, 5.74) is 5.41. The number of anilines is 2. The third-order valence-electron chi connectivity index (χ3n) is 6.31. The number of carbonyl (C=O) groups excluding carboxylic acids is 1. The van der Waals surface area contributed by atoms with E-state index in [4.69, 9.17) is 19.9 Å². The lowest BCUT2D eigenvalue weighted by Crippen LogP contribution is -2.36. The number of amides is 1. The summed E-state index contributed by atoms with van der Waals surface area (Å²) < 4.78 is 6.61. The molecule has 6 rings (SSSR count). The Balaban J connectivity index is 1.35. The fourth-order valence-corrected chi connectivity index (χ4v) is 5.61. The molecule has 0 atom stereocenters. The number of rotatable bonds is 6. The largest absolute Gasteiger partial charge is 0.378 e. The lowest BCUT2D eigenvalue weighted by Gasteiger charge is -2.28. The molecule has 1 aromatic carbocycles. The van der Waals surface area contributed by atoms with Crippen LogP contribution in [0.4, 0.5) is 11.8 Å². The number of carbonyl (C=O) groups is 1.